The van der Waals surface area contributed by atoms with Gasteiger partial charge >= 0.3 is 0 Å². The van der Waals surface area contributed by atoms with Crippen molar-refractivity contribution >= 4 is 33.0 Å². The third-order valence-corrected chi connectivity index (χ3v) is 5.82. The minimum atomic E-state index is -3.26. The van der Waals surface area contributed by atoms with Crippen LogP contribution < -0.4 is 5.32 Å². The van der Waals surface area contributed by atoms with E-state index in [1.54, 1.807) is 31.2 Å². The van der Waals surface area contributed by atoms with Crippen LogP contribution >= 0.6 is 11.6 Å². The molecule has 0 aliphatic heterocycles. The lowest BCUT2D eigenvalue weighted by Gasteiger charge is -2.17. The van der Waals surface area contributed by atoms with Crippen LogP contribution in [0.3, 0.4) is 0 Å². The zero-order chi connectivity index (χ0) is 17.5. The maximum absolute atomic E-state index is 12.8. The van der Waals surface area contributed by atoms with Crippen molar-refractivity contribution in [1.29, 1.82) is 0 Å². The molecule has 0 spiro atoms. The molecule has 1 fully saturated rings. The third kappa shape index (κ3) is 3.19. The van der Waals surface area contributed by atoms with Gasteiger partial charge in [0.15, 0.2) is 9.84 Å². The maximum atomic E-state index is 12.8. The molecule has 3 rings (SSSR count). The van der Waals surface area contributed by atoms with Gasteiger partial charge in [-0.15, -0.1) is 0 Å². The van der Waals surface area contributed by atoms with Gasteiger partial charge in [0.1, 0.15) is 0 Å². The average molecular weight is 364 g/mol. The highest BCUT2D eigenvalue weighted by Crippen LogP contribution is 2.49. The number of benzene rings is 2. The molecule has 24 heavy (non-hydrogen) atoms. The molecule has 1 amide bonds. The minimum absolute atomic E-state index is 0.0694. The summed E-state index contributed by atoms with van der Waals surface area (Å²) in [6.45, 7) is 1.78. The van der Waals surface area contributed by atoms with E-state index in [2.05, 4.69) is 5.32 Å². The molecule has 0 atom stereocenters. The molecule has 1 aliphatic rings. The number of aryl methyl sites for hydroxylation is 1. The molecule has 126 valence electrons. The number of carbonyl (C=O) groups is 1. The zero-order valence-electron chi connectivity index (χ0n) is 13.5. The molecule has 0 unspecified atom stereocenters. The van der Waals surface area contributed by atoms with Crippen LogP contribution in [0.2, 0.25) is 5.02 Å². The summed E-state index contributed by atoms with van der Waals surface area (Å²) in [5.41, 5.74) is 1.80. The number of hydrogen-bond donors (Lipinski definition) is 1. The molecule has 0 radical (unpaired) electrons. The van der Waals surface area contributed by atoms with Crippen molar-refractivity contribution in [2.75, 3.05) is 11.6 Å². The fraction of sp³-hybridized carbons (Fsp3) is 0.278. The first kappa shape index (κ1) is 17.0. The molecular weight excluding hydrogens is 346 g/mol. The van der Waals surface area contributed by atoms with E-state index < -0.39 is 15.3 Å². The number of nitrogens with one attached hydrogen (secondary N) is 1. The molecule has 2 aromatic rings. The molecule has 0 heterocycles. The van der Waals surface area contributed by atoms with Crippen molar-refractivity contribution < 1.29 is 13.2 Å². The highest BCUT2D eigenvalue weighted by molar-refractivity contribution is 7.90. The topological polar surface area (TPSA) is 63.2 Å². The Hall–Kier alpha value is -1.85. The molecule has 0 aromatic heterocycles. The molecule has 6 heteroatoms. The van der Waals surface area contributed by atoms with Crippen molar-refractivity contribution in [3.63, 3.8) is 0 Å². The first-order valence-electron chi connectivity index (χ1n) is 7.61. The monoisotopic (exact) mass is 363 g/mol. The molecule has 0 saturated heterocycles. The Balaban J connectivity index is 1.84. The number of anilines is 1. The summed E-state index contributed by atoms with van der Waals surface area (Å²) in [4.78, 5) is 13.0. The van der Waals surface area contributed by atoms with Crippen molar-refractivity contribution in [3.8, 4) is 0 Å². The van der Waals surface area contributed by atoms with Gasteiger partial charge in [0.05, 0.1) is 10.3 Å². The van der Waals surface area contributed by atoms with Gasteiger partial charge in [0, 0.05) is 17.0 Å². The summed E-state index contributed by atoms with van der Waals surface area (Å²) in [5, 5.41) is 3.58. The van der Waals surface area contributed by atoms with Crippen molar-refractivity contribution in [2.45, 2.75) is 30.1 Å². The van der Waals surface area contributed by atoms with E-state index in [1.807, 2.05) is 12.1 Å². The Morgan fingerprint density at radius 2 is 1.75 bits per heavy atom. The largest absolute Gasteiger partial charge is 0.325 e. The van der Waals surface area contributed by atoms with E-state index in [1.165, 1.54) is 12.3 Å². The average Bonchev–Trinajstić information content (AvgIpc) is 3.30. The van der Waals surface area contributed by atoms with Gasteiger partial charge in [-0.1, -0.05) is 23.7 Å². The van der Waals surface area contributed by atoms with E-state index in [9.17, 15) is 13.2 Å². The molecule has 2 aromatic carbocycles. The predicted octanol–water partition coefficient (Wildman–Crippen LogP) is 3.72. The summed E-state index contributed by atoms with van der Waals surface area (Å²) in [6, 6.07) is 12.1. The SMILES string of the molecule is Cc1cc(S(C)(=O)=O)ccc1NC(=O)C1(c2ccc(Cl)cc2)CC1. The fourth-order valence-electron chi connectivity index (χ4n) is 2.79. The number of hydrogen-bond acceptors (Lipinski definition) is 3. The van der Waals surface area contributed by atoms with Crippen LogP contribution in [-0.4, -0.2) is 20.6 Å². The van der Waals surface area contributed by atoms with E-state index in [0.717, 1.165) is 24.0 Å². The Bertz CT molecular complexity index is 900. The maximum Gasteiger partial charge on any atom is 0.235 e. The van der Waals surface area contributed by atoms with Crippen molar-refractivity contribution in [1.82, 2.24) is 0 Å². The summed E-state index contributed by atoms with van der Waals surface area (Å²) < 4.78 is 23.2. The Morgan fingerprint density at radius 1 is 1.12 bits per heavy atom. The van der Waals surface area contributed by atoms with Gasteiger partial charge in [-0.3, -0.25) is 4.79 Å². The molecule has 1 aliphatic carbocycles. The van der Waals surface area contributed by atoms with Gasteiger partial charge < -0.3 is 5.32 Å². The quantitative estimate of drug-likeness (QED) is 0.900. The lowest BCUT2D eigenvalue weighted by Crippen LogP contribution is -2.28. The van der Waals surface area contributed by atoms with E-state index >= 15 is 0 Å². The van der Waals surface area contributed by atoms with Crippen molar-refractivity contribution in [2.24, 2.45) is 0 Å². The Kier molecular flexibility index (Phi) is 4.18. The van der Waals surface area contributed by atoms with E-state index in [-0.39, 0.29) is 10.8 Å². The van der Waals surface area contributed by atoms with Crippen molar-refractivity contribution in [3.05, 3.63) is 58.6 Å². The van der Waals surface area contributed by atoms with Crippen LogP contribution in [0.5, 0.6) is 0 Å². The second-order valence-electron chi connectivity index (χ2n) is 6.29. The summed E-state index contributed by atoms with van der Waals surface area (Å²) >= 11 is 5.91. The number of rotatable bonds is 4. The van der Waals surface area contributed by atoms with Gasteiger partial charge in [0.2, 0.25) is 5.91 Å². The van der Waals surface area contributed by atoms with Gasteiger partial charge in [-0.05, 0) is 61.2 Å². The number of halogens is 1. The first-order valence-corrected chi connectivity index (χ1v) is 9.87. The Morgan fingerprint density at radius 3 is 2.25 bits per heavy atom. The van der Waals surface area contributed by atoms with Crippen LogP contribution in [0.25, 0.3) is 0 Å². The number of sulfone groups is 1. The number of amides is 1. The number of carbonyl (C=O) groups excluding carboxylic acids is 1. The zero-order valence-corrected chi connectivity index (χ0v) is 15.0. The standard InChI is InChI=1S/C18H18ClNO3S/c1-12-11-15(24(2,22)23)7-8-16(12)20-17(21)18(9-10-18)13-3-5-14(19)6-4-13/h3-8,11H,9-10H2,1-2H3,(H,20,21). The van der Waals surface area contributed by atoms with Crippen LogP contribution in [-0.2, 0) is 20.0 Å². The van der Waals surface area contributed by atoms with Crippen LogP contribution in [0.15, 0.2) is 47.4 Å². The Labute approximate surface area is 146 Å². The van der Waals surface area contributed by atoms with Gasteiger partial charge in [-0.2, -0.15) is 0 Å². The third-order valence-electron chi connectivity index (χ3n) is 4.46. The lowest BCUT2D eigenvalue weighted by atomic mass is 9.95. The fourth-order valence-corrected chi connectivity index (χ4v) is 3.62. The molecule has 0 bridgehead atoms. The molecule has 4 nitrogen and oxygen atoms in total. The van der Waals surface area contributed by atoms with Gasteiger partial charge in [0.25, 0.3) is 0 Å². The first-order chi connectivity index (χ1) is 11.2. The lowest BCUT2D eigenvalue weighted by molar-refractivity contribution is -0.118. The molecule has 1 N–H and O–H groups in total. The normalized spacial score (nSPS) is 15.8. The van der Waals surface area contributed by atoms with Crippen LogP contribution in [0.4, 0.5) is 5.69 Å². The summed E-state index contributed by atoms with van der Waals surface area (Å²) in [7, 11) is -3.26. The van der Waals surface area contributed by atoms with Gasteiger partial charge in [-0.25, -0.2) is 8.42 Å². The molecular formula is C18H18ClNO3S. The smallest absolute Gasteiger partial charge is 0.235 e. The minimum Gasteiger partial charge on any atom is -0.325 e. The highest BCUT2D eigenvalue weighted by Gasteiger charge is 2.51. The van der Waals surface area contributed by atoms with Crippen LogP contribution in [0.1, 0.15) is 24.0 Å². The van der Waals surface area contributed by atoms with Crippen LogP contribution in [0, 0.1) is 6.92 Å². The second-order valence-corrected chi connectivity index (χ2v) is 8.74. The summed E-state index contributed by atoms with van der Waals surface area (Å²) in [5.74, 6) is -0.0694. The summed E-state index contributed by atoms with van der Waals surface area (Å²) in [6.07, 6.45) is 2.75. The second kappa shape index (κ2) is 5.90. The molecule has 1 saturated carbocycles. The van der Waals surface area contributed by atoms with E-state index in [0.29, 0.717) is 10.7 Å². The van der Waals surface area contributed by atoms with E-state index in [4.69, 9.17) is 11.6 Å². The predicted molar refractivity (Wildman–Crippen MR) is 95.3 cm³/mol. The highest BCUT2D eigenvalue weighted by atomic mass is 35.5.